The van der Waals surface area contributed by atoms with Gasteiger partial charge < -0.3 is 16.0 Å². The van der Waals surface area contributed by atoms with E-state index in [-0.39, 0.29) is 11.8 Å². The molecule has 0 radical (unpaired) electrons. The van der Waals surface area contributed by atoms with Gasteiger partial charge in [0.25, 0.3) is 5.56 Å². The Morgan fingerprint density at radius 2 is 2.05 bits per heavy atom. The third-order valence-corrected chi connectivity index (χ3v) is 4.21. The number of rotatable bonds is 4. The Balaban J connectivity index is 1.81. The van der Waals surface area contributed by atoms with Crippen molar-refractivity contribution in [2.24, 2.45) is 7.05 Å². The molecule has 3 N–H and O–H groups in total. The molecule has 1 fully saturated rings. The molecular weight excluding hydrogens is 268 g/mol. The van der Waals surface area contributed by atoms with E-state index >= 15 is 0 Å². The average molecular weight is 292 g/mol. The van der Waals surface area contributed by atoms with Crippen molar-refractivity contribution in [3.8, 4) is 0 Å². The molecule has 0 bridgehead atoms. The number of hydrogen-bond donors (Lipinski definition) is 3. The number of unbranched alkanes of at least 4 members (excludes halogenated alkanes) is 1. The minimum atomic E-state index is -0.0243. The molecule has 116 valence electrons. The van der Waals surface area contributed by atoms with Crippen LogP contribution in [0.1, 0.15) is 25.6 Å². The van der Waals surface area contributed by atoms with Crippen molar-refractivity contribution in [1.29, 1.82) is 0 Å². The van der Waals surface area contributed by atoms with Crippen LogP contribution >= 0.6 is 0 Å². The zero-order valence-corrected chi connectivity index (χ0v) is 12.8. The average Bonchev–Trinajstić information content (AvgIpc) is 2.94. The van der Waals surface area contributed by atoms with E-state index in [4.69, 9.17) is 0 Å². The number of piperazine rings is 1. The zero-order valence-electron chi connectivity index (χ0n) is 12.8. The lowest BCUT2D eigenvalue weighted by molar-refractivity contribution is 0.209. The topological polar surface area (TPSA) is 74.2 Å². The number of fused-ring (bicyclic) bond motifs is 1. The fraction of sp³-hybridized carbons (Fsp3) is 0.714. The fourth-order valence-electron chi connectivity index (χ4n) is 2.86. The molecule has 1 unspecified atom stereocenters. The van der Waals surface area contributed by atoms with E-state index in [2.05, 4.69) is 32.8 Å². The summed E-state index contributed by atoms with van der Waals surface area (Å²) in [5.74, 6) is 1.56. The van der Waals surface area contributed by atoms with E-state index in [1.54, 1.807) is 11.6 Å². The number of anilines is 2. The van der Waals surface area contributed by atoms with Crippen molar-refractivity contribution >= 4 is 11.5 Å². The van der Waals surface area contributed by atoms with Crippen LogP contribution in [0.2, 0.25) is 0 Å². The molecule has 21 heavy (non-hydrogen) atoms. The zero-order chi connectivity index (χ0) is 14.8. The van der Waals surface area contributed by atoms with Gasteiger partial charge in [0.15, 0.2) is 12.1 Å². The van der Waals surface area contributed by atoms with Crippen LogP contribution in [0, 0.1) is 0 Å². The van der Waals surface area contributed by atoms with Gasteiger partial charge in [-0.15, -0.1) is 0 Å². The minimum absolute atomic E-state index is 0.0104. The van der Waals surface area contributed by atoms with Crippen LogP contribution < -0.4 is 21.5 Å². The molecule has 2 aliphatic heterocycles. The van der Waals surface area contributed by atoms with Crippen LogP contribution in [-0.4, -0.2) is 46.9 Å². The lowest BCUT2D eigenvalue weighted by Gasteiger charge is -2.32. The molecule has 1 aromatic heterocycles. The Bertz CT molecular complexity index is 563. The molecule has 3 heterocycles. The highest BCUT2D eigenvalue weighted by Crippen LogP contribution is 2.25. The molecule has 2 aliphatic rings. The molecule has 1 atom stereocenters. The maximum Gasteiger partial charge on any atom is 0.278 e. The third-order valence-electron chi connectivity index (χ3n) is 4.21. The largest absolute Gasteiger partial charge is 0.345 e. The van der Waals surface area contributed by atoms with Gasteiger partial charge in [0.05, 0.1) is 0 Å². The van der Waals surface area contributed by atoms with Gasteiger partial charge in [-0.3, -0.25) is 14.3 Å². The molecular formula is C14H24N6O. The first-order chi connectivity index (χ1) is 10.2. The number of nitrogens with zero attached hydrogens (tertiary/aromatic N) is 3. The van der Waals surface area contributed by atoms with Crippen molar-refractivity contribution in [2.75, 3.05) is 36.8 Å². The monoisotopic (exact) mass is 292 g/mol. The summed E-state index contributed by atoms with van der Waals surface area (Å²) in [5, 5.41) is 9.97. The van der Waals surface area contributed by atoms with E-state index in [1.165, 1.54) is 0 Å². The Morgan fingerprint density at radius 3 is 2.76 bits per heavy atom. The van der Waals surface area contributed by atoms with E-state index in [9.17, 15) is 4.79 Å². The summed E-state index contributed by atoms with van der Waals surface area (Å²) in [5.41, 5.74) is 0.609. The lowest BCUT2D eigenvalue weighted by Crippen LogP contribution is -2.52. The third kappa shape index (κ3) is 2.75. The van der Waals surface area contributed by atoms with Crippen LogP contribution in [0.5, 0.6) is 0 Å². The molecule has 0 aromatic carbocycles. The molecule has 7 nitrogen and oxygen atoms in total. The quantitative estimate of drug-likeness (QED) is 0.733. The SMILES string of the molecule is CCCCc1nc2c(c(=O)n1C)NC(N1CCNCC1)N2. The summed E-state index contributed by atoms with van der Waals surface area (Å²) in [6.07, 6.45) is 2.97. The van der Waals surface area contributed by atoms with Crippen LogP contribution in [0.25, 0.3) is 0 Å². The van der Waals surface area contributed by atoms with Gasteiger partial charge in [0.1, 0.15) is 11.5 Å². The lowest BCUT2D eigenvalue weighted by atomic mass is 10.2. The normalized spacial score (nSPS) is 21.7. The molecule has 1 saturated heterocycles. The van der Waals surface area contributed by atoms with Crippen molar-refractivity contribution in [3.05, 3.63) is 16.2 Å². The standard InChI is InChI=1S/C14H24N6O/c1-3-4-5-10-16-12-11(13(21)19(10)2)17-14(18-12)20-8-6-15-7-9-20/h14-15,17-18H,3-9H2,1-2H3. The number of aryl methyl sites for hydroxylation is 1. The first-order valence-corrected chi connectivity index (χ1v) is 7.78. The predicted molar refractivity (Wildman–Crippen MR) is 83.6 cm³/mol. The van der Waals surface area contributed by atoms with Crippen molar-refractivity contribution in [2.45, 2.75) is 32.5 Å². The van der Waals surface area contributed by atoms with E-state index in [0.717, 1.165) is 51.3 Å². The van der Waals surface area contributed by atoms with Crippen LogP contribution in [0.4, 0.5) is 11.5 Å². The highest BCUT2D eigenvalue weighted by molar-refractivity contribution is 5.69. The second-order valence-electron chi connectivity index (χ2n) is 5.70. The van der Waals surface area contributed by atoms with Gasteiger partial charge in [-0.25, -0.2) is 4.98 Å². The van der Waals surface area contributed by atoms with Gasteiger partial charge in [-0.1, -0.05) is 13.3 Å². The van der Waals surface area contributed by atoms with Crippen LogP contribution in [-0.2, 0) is 13.5 Å². The van der Waals surface area contributed by atoms with Crippen LogP contribution in [0.15, 0.2) is 4.79 Å². The summed E-state index contributed by atoms with van der Waals surface area (Å²) < 4.78 is 1.67. The first kappa shape index (κ1) is 14.3. The maximum absolute atomic E-state index is 12.5. The van der Waals surface area contributed by atoms with Gasteiger partial charge >= 0.3 is 0 Å². The summed E-state index contributed by atoms with van der Waals surface area (Å²) in [7, 11) is 1.81. The summed E-state index contributed by atoms with van der Waals surface area (Å²) >= 11 is 0. The fourth-order valence-corrected chi connectivity index (χ4v) is 2.86. The summed E-state index contributed by atoms with van der Waals surface area (Å²) in [6, 6.07) is 0. The first-order valence-electron chi connectivity index (χ1n) is 7.78. The molecule has 7 heteroatoms. The van der Waals surface area contributed by atoms with Gasteiger partial charge in [-0.05, 0) is 6.42 Å². The number of hydrogen-bond acceptors (Lipinski definition) is 6. The van der Waals surface area contributed by atoms with E-state index < -0.39 is 0 Å². The van der Waals surface area contributed by atoms with Crippen molar-refractivity contribution in [3.63, 3.8) is 0 Å². The van der Waals surface area contributed by atoms with Gasteiger partial charge in [0.2, 0.25) is 0 Å². The predicted octanol–water partition coefficient (Wildman–Crippen LogP) is 0.149. The maximum atomic E-state index is 12.5. The van der Waals surface area contributed by atoms with Gasteiger partial charge in [-0.2, -0.15) is 0 Å². The molecule has 0 saturated carbocycles. The van der Waals surface area contributed by atoms with E-state index in [1.807, 2.05) is 0 Å². The highest BCUT2D eigenvalue weighted by Gasteiger charge is 2.30. The van der Waals surface area contributed by atoms with Crippen molar-refractivity contribution < 1.29 is 0 Å². The molecule has 3 rings (SSSR count). The molecule has 0 amide bonds. The van der Waals surface area contributed by atoms with Gasteiger partial charge in [0, 0.05) is 39.6 Å². The summed E-state index contributed by atoms with van der Waals surface area (Å²) in [6.45, 7) is 6.02. The second-order valence-corrected chi connectivity index (χ2v) is 5.70. The smallest absolute Gasteiger partial charge is 0.278 e. The van der Waals surface area contributed by atoms with E-state index in [0.29, 0.717) is 11.5 Å². The Labute approximate surface area is 124 Å². The number of aromatic nitrogens is 2. The highest BCUT2D eigenvalue weighted by atomic mass is 16.1. The Hall–Kier alpha value is -1.60. The molecule has 1 aromatic rings. The second kappa shape index (κ2) is 6.03. The Kier molecular flexibility index (Phi) is 4.12. The van der Waals surface area contributed by atoms with Crippen molar-refractivity contribution in [1.82, 2.24) is 19.8 Å². The summed E-state index contributed by atoms with van der Waals surface area (Å²) in [4.78, 5) is 19.4. The van der Waals surface area contributed by atoms with Crippen LogP contribution in [0.3, 0.4) is 0 Å². The molecule has 0 aliphatic carbocycles. The molecule has 0 spiro atoms. The minimum Gasteiger partial charge on any atom is -0.345 e. The number of nitrogens with one attached hydrogen (secondary N) is 3. The Morgan fingerprint density at radius 1 is 1.29 bits per heavy atom.